The minimum atomic E-state index is -0.380. The van der Waals surface area contributed by atoms with Crippen molar-refractivity contribution < 1.29 is 5.11 Å². The smallest absolute Gasteiger partial charge is 0.0954 e. The summed E-state index contributed by atoms with van der Waals surface area (Å²) < 4.78 is 0. The number of rotatable bonds is 4. The zero-order valence-electron chi connectivity index (χ0n) is 9.13. The van der Waals surface area contributed by atoms with Crippen molar-refractivity contribution in [3.8, 4) is 0 Å². The second-order valence-electron chi connectivity index (χ2n) is 3.81. The van der Waals surface area contributed by atoms with Crippen LogP contribution in [-0.4, -0.2) is 21.2 Å². The molecular weight excluding hydrogens is 220 g/mol. The first-order valence-corrected chi connectivity index (χ1v) is 6.10. The molecule has 0 aromatic carbocycles. The van der Waals surface area contributed by atoms with Crippen LogP contribution in [0.2, 0.25) is 0 Å². The Kier molecular flexibility index (Phi) is 3.64. The fourth-order valence-electron chi connectivity index (χ4n) is 1.56. The molecule has 2 rings (SSSR count). The summed E-state index contributed by atoms with van der Waals surface area (Å²) in [5, 5.41) is 12.9. The van der Waals surface area contributed by atoms with Gasteiger partial charge in [-0.2, -0.15) is 0 Å². The van der Waals surface area contributed by atoms with Gasteiger partial charge in [-0.3, -0.25) is 4.98 Å². The lowest BCUT2D eigenvalue weighted by atomic mass is 10.1. The van der Waals surface area contributed by atoms with Crippen molar-refractivity contribution in [1.29, 1.82) is 0 Å². The zero-order chi connectivity index (χ0) is 11.4. The summed E-state index contributed by atoms with van der Waals surface area (Å²) in [6.07, 6.45) is 4.39. The van der Waals surface area contributed by atoms with Crippen molar-refractivity contribution in [2.75, 3.05) is 0 Å². The highest BCUT2D eigenvalue weighted by atomic mass is 32.1. The molecule has 0 aliphatic rings. The average molecular weight is 234 g/mol. The van der Waals surface area contributed by atoms with Gasteiger partial charge < -0.3 is 5.11 Å². The van der Waals surface area contributed by atoms with E-state index in [1.54, 1.807) is 23.7 Å². The number of aliphatic hydroxyl groups excluding tert-OH is 1. The van der Waals surface area contributed by atoms with E-state index in [4.69, 9.17) is 0 Å². The fraction of sp³-hybridized carbons (Fsp3) is 0.333. The number of thiazole rings is 1. The molecule has 0 amide bonds. The molecule has 1 N–H and O–H groups in total. The van der Waals surface area contributed by atoms with Crippen molar-refractivity contribution in [2.45, 2.75) is 25.9 Å². The predicted molar refractivity (Wildman–Crippen MR) is 64.5 cm³/mol. The number of aliphatic hydroxyl groups is 1. The minimum Gasteiger partial charge on any atom is -0.392 e. The summed E-state index contributed by atoms with van der Waals surface area (Å²) in [7, 11) is 0. The van der Waals surface area contributed by atoms with Crippen molar-refractivity contribution in [2.24, 2.45) is 0 Å². The molecule has 0 aliphatic carbocycles. The lowest BCUT2D eigenvalue weighted by Crippen LogP contribution is -2.13. The molecule has 0 fully saturated rings. The van der Waals surface area contributed by atoms with Gasteiger partial charge in [-0.15, -0.1) is 11.3 Å². The molecule has 16 heavy (non-hydrogen) atoms. The Morgan fingerprint density at radius 2 is 2.31 bits per heavy atom. The summed E-state index contributed by atoms with van der Waals surface area (Å²) in [6.45, 7) is 1.97. The molecule has 0 bridgehead atoms. The van der Waals surface area contributed by atoms with Crippen molar-refractivity contribution in [1.82, 2.24) is 9.97 Å². The molecule has 1 unspecified atom stereocenters. The van der Waals surface area contributed by atoms with E-state index in [9.17, 15) is 5.11 Å². The topological polar surface area (TPSA) is 46.0 Å². The van der Waals surface area contributed by atoms with Crippen molar-refractivity contribution in [3.05, 3.63) is 46.2 Å². The highest BCUT2D eigenvalue weighted by Gasteiger charge is 2.09. The Balaban J connectivity index is 1.92. The third-order valence-electron chi connectivity index (χ3n) is 2.27. The van der Waals surface area contributed by atoms with Gasteiger partial charge in [0.2, 0.25) is 0 Å². The Bertz CT molecular complexity index is 441. The van der Waals surface area contributed by atoms with Crippen molar-refractivity contribution in [3.63, 3.8) is 0 Å². The van der Waals surface area contributed by atoms with Gasteiger partial charge in [0.25, 0.3) is 0 Å². The number of aromatic nitrogens is 2. The number of nitrogens with zero attached hydrogens (tertiary/aromatic N) is 2. The highest BCUT2D eigenvalue weighted by Crippen LogP contribution is 2.13. The Morgan fingerprint density at radius 1 is 1.44 bits per heavy atom. The van der Waals surface area contributed by atoms with Crippen LogP contribution >= 0.6 is 11.3 Å². The lowest BCUT2D eigenvalue weighted by Gasteiger charge is -2.07. The Hall–Kier alpha value is -1.26. The highest BCUT2D eigenvalue weighted by molar-refractivity contribution is 7.09. The first-order chi connectivity index (χ1) is 7.74. The Labute approximate surface area is 98.8 Å². The Morgan fingerprint density at radius 3 is 2.94 bits per heavy atom. The molecule has 2 aromatic heterocycles. The van der Waals surface area contributed by atoms with E-state index in [0.717, 1.165) is 16.3 Å². The molecule has 2 heterocycles. The quantitative estimate of drug-likeness (QED) is 0.880. The van der Waals surface area contributed by atoms with Gasteiger partial charge in [-0.25, -0.2) is 4.98 Å². The third-order valence-corrected chi connectivity index (χ3v) is 3.26. The summed E-state index contributed by atoms with van der Waals surface area (Å²) in [4.78, 5) is 8.36. The maximum absolute atomic E-state index is 9.90. The van der Waals surface area contributed by atoms with Gasteiger partial charge in [0.1, 0.15) is 0 Å². The first kappa shape index (κ1) is 11.2. The van der Waals surface area contributed by atoms with E-state index in [2.05, 4.69) is 9.97 Å². The molecule has 2 aromatic rings. The first-order valence-electron chi connectivity index (χ1n) is 5.22. The maximum atomic E-state index is 9.90. The van der Waals surface area contributed by atoms with Crippen LogP contribution in [0.4, 0.5) is 0 Å². The molecule has 0 radical (unpaired) electrons. The SMILES string of the molecule is Cc1csc(CC(O)Cc2cccnc2)n1. The van der Waals surface area contributed by atoms with E-state index >= 15 is 0 Å². The monoisotopic (exact) mass is 234 g/mol. The van der Waals surface area contributed by atoms with Crippen LogP contribution in [0.1, 0.15) is 16.3 Å². The molecule has 0 saturated heterocycles. The van der Waals surface area contributed by atoms with E-state index < -0.39 is 0 Å². The molecule has 0 spiro atoms. The van der Waals surface area contributed by atoms with Crippen LogP contribution in [0.5, 0.6) is 0 Å². The van der Waals surface area contributed by atoms with Crippen LogP contribution in [0.25, 0.3) is 0 Å². The number of hydrogen-bond donors (Lipinski definition) is 1. The van der Waals surface area contributed by atoms with E-state index in [1.165, 1.54) is 0 Å². The van der Waals surface area contributed by atoms with Crippen LogP contribution < -0.4 is 0 Å². The number of aryl methyl sites for hydroxylation is 1. The standard InChI is InChI=1S/C12H14N2OS/c1-9-8-16-12(14-9)6-11(15)5-10-3-2-4-13-7-10/h2-4,7-8,11,15H,5-6H2,1H3. The molecule has 3 nitrogen and oxygen atoms in total. The van der Waals surface area contributed by atoms with E-state index in [-0.39, 0.29) is 6.10 Å². The van der Waals surface area contributed by atoms with Crippen LogP contribution in [0.15, 0.2) is 29.9 Å². The molecule has 0 saturated carbocycles. The summed E-state index contributed by atoms with van der Waals surface area (Å²) >= 11 is 1.60. The van der Waals surface area contributed by atoms with Crippen molar-refractivity contribution >= 4 is 11.3 Å². The summed E-state index contributed by atoms with van der Waals surface area (Å²) in [5.41, 5.74) is 2.08. The fourth-order valence-corrected chi connectivity index (χ4v) is 2.41. The average Bonchev–Trinajstić information content (AvgIpc) is 2.65. The van der Waals surface area contributed by atoms with Gasteiger partial charge in [-0.1, -0.05) is 6.07 Å². The van der Waals surface area contributed by atoms with Crippen LogP contribution in [0, 0.1) is 6.92 Å². The maximum Gasteiger partial charge on any atom is 0.0954 e. The predicted octanol–water partition coefficient (Wildman–Crippen LogP) is 1.99. The second kappa shape index (κ2) is 5.18. The third kappa shape index (κ3) is 3.12. The minimum absolute atomic E-state index is 0.380. The molecule has 1 atom stereocenters. The molecule has 4 heteroatoms. The van der Waals surface area contributed by atoms with Crippen LogP contribution in [0.3, 0.4) is 0 Å². The van der Waals surface area contributed by atoms with E-state index in [0.29, 0.717) is 12.8 Å². The zero-order valence-corrected chi connectivity index (χ0v) is 9.94. The van der Waals surface area contributed by atoms with E-state index in [1.807, 2.05) is 24.4 Å². The summed E-state index contributed by atoms with van der Waals surface area (Å²) in [6, 6.07) is 3.86. The van der Waals surface area contributed by atoms with Gasteiger partial charge in [0.05, 0.1) is 11.1 Å². The molecular formula is C12H14N2OS. The molecule has 84 valence electrons. The number of hydrogen-bond acceptors (Lipinski definition) is 4. The van der Waals surface area contributed by atoms with Gasteiger partial charge >= 0.3 is 0 Å². The summed E-state index contributed by atoms with van der Waals surface area (Å²) in [5.74, 6) is 0. The normalized spacial score (nSPS) is 12.6. The van der Waals surface area contributed by atoms with Crippen LogP contribution in [-0.2, 0) is 12.8 Å². The van der Waals surface area contributed by atoms with Gasteiger partial charge in [0.15, 0.2) is 0 Å². The number of pyridine rings is 1. The lowest BCUT2D eigenvalue weighted by molar-refractivity contribution is 0.175. The second-order valence-corrected chi connectivity index (χ2v) is 4.75. The largest absolute Gasteiger partial charge is 0.392 e. The molecule has 0 aliphatic heterocycles. The van der Waals surface area contributed by atoms with Gasteiger partial charge in [0, 0.05) is 36.3 Å². The van der Waals surface area contributed by atoms with Gasteiger partial charge in [-0.05, 0) is 18.6 Å².